The average Bonchev–Trinajstić information content (AvgIpc) is 2.55. The van der Waals surface area contributed by atoms with Gasteiger partial charge in [-0.1, -0.05) is 6.07 Å². The molecule has 2 aromatic carbocycles. The number of carbonyl (C=O) groups is 1. The number of nitrogens with one attached hydrogen (secondary N) is 1. The predicted octanol–water partition coefficient (Wildman–Crippen LogP) is 4.60. The predicted molar refractivity (Wildman–Crippen MR) is 99.1 cm³/mol. The van der Waals surface area contributed by atoms with Gasteiger partial charge in [-0.05, 0) is 57.2 Å². The van der Waals surface area contributed by atoms with E-state index in [1.54, 1.807) is 7.11 Å². The van der Waals surface area contributed by atoms with Gasteiger partial charge in [0.05, 0.1) is 18.5 Å². The minimum atomic E-state index is -0.215. The van der Waals surface area contributed by atoms with Gasteiger partial charge in [0.15, 0.2) is 0 Å². The first-order valence-electron chi connectivity index (χ1n) is 7.86. The highest BCUT2D eigenvalue weighted by Gasteiger charge is 2.15. The van der Waals surface area contributed by atoms with E-state index in [2.05, 4.69) is 5.32 Å². The van der Waals surface area contributed by atoms with Gasteiger partial charge in [0.25, 0.3) is 0 Å². The van der Waals surface area contributed by atoms with Crippen LogP contribution < -0.4 is 14.8 Å². The SMILES string of the molecule is COc1ccc(S[C@@H](C)C(=O)Nc2cccc(OC(C)C)c2)cc1. The summed E-state index contributed by atoms with van der Waals surface area (Å²) >= 11 is 1.51. The Morgan fingerprint density at radius 3 is 2.38 bits per heavy atom. The first-order chi connectivity index (χ1) is 11.5. The van der Waals surface area contributed by atoms with Gasteiger partial charge in [-0.25, -0.2) is 0 Å². The van der Waals surface area contributed by atoms with Crippen molar-refractivity contribution in [1.82, 2.24) is 0 Å². The van der Waals surface area contributed by atoms with Crippen LogP contribution in [-0.4, -0.2) is 24.4 Å². The molecule has 1 N–H and O–H groups in total. The van der Waals surface area contributed by atoms with Crippen molar-refractivity contribution in [3.63, 3.8) is 0 Å². The Morgan fingerprint density at radius 1 is 1.04 bits per heavy atom. The first-order valence-corrected chi connectivity index (χ1v) is 8.74. The van der Waals surface area contributed by atoms with E-state index in [1.807, 2.05) is 69.3 Å². The molecule has 0 unspecified atom stereocenters. The lowest BCUT2D eigenvalue weighted by atomic mass is 10.3. The molecule has 2 rings (SSSR count). The second-order valence-corrected chi connectivity index (χ2v) is 7.03. The monoisotopic (exact) mass is 345 g/mol. The molecule has 0 fully saturated rings. The molecule has 24 heavy (non-hydrogen) atoms. The standard InChI is InChI=1S/C19H23NO3S/c1-13(2)23-17-7-5-6-15(12-17)20-19(21)14(3)24-18-10-8-16(22-4)9-11-18/h5-14H,1-4H3,(H,20,21)/t14-/m0/s1. The molecule has 2 aromatic rings. The largest absolute Gasteiger partial charge is 0.497 e. The van der Waals surface area contributed by atoms with E-state index in [9.17, 15) is 4.79 Å². The molecule has 128 valence electrons. The fourth-order valence-electron chi connectivity index (χ4n) is 2.08. The van der Waals surface area contributed by atoms with Crippen molar-refractivity contribution in [3.05, 3.63) is 48.5 Å². The number of amides is 1. The number of benzene rings is 2. The van der Waals surface area contributed by atoms with Gasteiger partial charge in [-0.2, -0.15) is 0 Å². The normalized spacial score (nSPS) is 11.9. The molecule has 0 saturated carbocycles. The van der Waals surface area contributed by atoms with Gasteiger partial charge in [0.2, 0.25) is 5.91 Å². The quantitative estimate of drug-likeness (QED) is 0.745. The number of rotatable bonds is 7. The Balaban J connectivity index is 1.95. The molecule has 1 atom stereocenters. The molecular weight excluding hydrogens is 322 g/mol. The highest BCUT2D eigenvalue weighted by Crippen LogP contribution is 2.26. The Kier molecular flexibility index (Phi) is 6.55. The number of carbonyl (C=O) groups excluding carboxylic acids is 1. The molecule has 1 amide bonds. The van der Waals surface area contributed by atoms with Crippen molar-refractivity contribution in [3.8, 4) is 11.5 Å². The third-order valence-electron chi connectivity index (χ3n) is 3.21. The van der Waals surface area contributed by atoms with Crippen LogP contribution in [0.4, 0.5) is 5.69 Å². The topological polar surface area (TPSA) is 47.6 Å². The highest BCUT2D eigenvalue weighted by atomic mass is 32.2. The number of thioether (sulfide) groups is 1. The third-order valence-corrected chi connectivity index (χ3v) is 4.33. The summed E-state index contributed by atoms with van der Waals surface area (Å²) in [5.74, 6) is 1.51. The van der Waals surface area contributed by atoms with Crippen LogP contribution in [0.3, 0.4) is 0 Å². The van der Waals surface area contributed by atoms with Crippen molar-refractivity contribution in [2.45, 2.75) is 37.0 Å². The maximum atomic E-state index is 12.4. The van der Waals surface area contributed by atoms with Crippen molar-refractivity contribution in [2.24, 2.45) is 0 Å². The minimum absolute atomic E-state index is 0.0440. The first kappa shape index (κ1) is 18.2. The zero-order valence-corrected chi connectivity index (χ0v) is 15.2. The van der Waals surface area contributed by atoms with E-state index in [4.69, 9.17) is 9.47 Å². The van der Waals surface area contributed by atoms with Crippen LogP contribution >= 0.6 is 11.8 Å². The second-order valence-electron chi connectivity index (χ2n) is 5.62. The lowest BCUT2D eigenvalue weighted by Crippen LogP contribution is -2.22. The van der Waals surface area contributed by atoms with E-state index in [0.717, 1.165) is 22.1 Å². The van der Waals surface area contributed by atoms with Gasteiger partial charge < -0.3 is 14.8 Å². The van der Waals surface area contributed by atoms with Crippen LogP contribution in [0, 0.1) is 0 Å². The van der Waals surface area contributed by atoms with E-state index < -0.39 is 0 Å². The molecule has 0 aliphatic heterocycles. The van der Waals surface area contributed by atoms with Crippen LogP contribution in [-0.2, 0) is 4.79 Å². The molecule has 0 bridgehead atoms. The summed E-state index contributed by atoms with van der Waals surface area (Å²) in [6, 6.07) is 15.1. The van der Waals surface area contributed by atoms with E-state index in [-0.39, 0.29) is 17.3 Å². The summed E-state index contributed by atoms with van der Waals surface area (Å²) in [4.78, 5) is 13.4. The third kappa shape index (κ3) is 5.49. The van der Waals surface area contributed by atoms with Crippen LogP contribution in [0.15, 0.2) is 53.4 Å². The zero-order valence-electron chi connectivity index (χ0n) is 14.4. The molecule has 0 radical (unpaired) electrons. The number of methoxy groups -OCH3 is 1. The van der Waals surface area contributed by atoms with Gasteiger partial charge in [-0.3, -0.25) is 4.79 Å². The molecule has 0 aliphatic rings. The smallest absolute Gasteiger partial charge is 0.237 e. The number of ether oxygens (including phenoxy) is 2. The molecule has 4 nitrogen and oxygen atoms in total. The number of hydrogen-bond acceptors (Lipinski definition) is 4. The van der Waals surface area contributed by atoms with Gasteiger partial charge >= 0.3 is 0 Å². The van der Waals surface area contributed by atoms with Crippen LogP contribution in [0.2, 0.25) is 0 Å². The van der Waals surface area contributed by atoms with Crippen LogP contribution in [0.5, 0.6) is 11.5 Å². The summed E-state index contributed by atoms with van der Waals surface area (Å²) in [5.41, 5.74) is 0.736. The lowest BCUT2D eigenvalue weighted by Gasteiger charge is -2.14. The van der Waals surface area contributed by atoms with E-state index in [0.29, 0.717) is 0 Å². The molecule has 0 heterocycles. The maximum Gasteiger partial charge on any atom is 0.237 e. The Morgan fingerprint density at radius 2 is 1.75 bits per heavy atom. The van der Waals surface area contributed by atoms with Gasteiger partial charge in [0, 0.05) is 16.6 Å². The van der Waals surface area contributed by atoms with Crippen LogP contribution in [0.1, 0.15) is 20.8 Å². The molecule has 5 heteroatoms. The maximum absolute atomic E-state index is 12.4. The van der Waals surface area contributed by atoms with Crippen molar-refractivity contribution in [2.75, 3.05) is 12.4 Å². The Bertz CT molecular complexity index is 671. The zero-order chi connectivity index (χ0) is 17.5. The van der Waals surface area contributed by atoms with Crippen molar-refractivity contribution < 1.29 is 14.3 Å². The summed E-state index contributed by atoms with van der Waals surface area (Å²) < 4.78 is 10.8. The molecule has 0 spiro atoms. The molecule has 0 aliphatic carbocycles. The summed E-state index contributed by atoms with van der Waals surface area (Å²) in [6.07, 6.45) is 0.0977. The van der Waals surface area contributed by atoms with Crippen LogP contribution in [0.25, 0.3) is 0 Å². The molecular formula is C19H23NO3S. The van der Waals surface area contributed by atoms with E-state index >= 15 is 0 Å². The number of anilines is 1. The van der Waals surface area contributed by atoms with Crippen molar-refractivity contribution in [1.29, 1.82) is 0 Å². The van der Waals surface area contributed by atoms with Gasteiger partial charge in [0.1, 0.15) is 11.5 Å². The summed E-state index contributed by atoms with van der Waals surface area (Å²) in [7, 11) is 1.63. The average molecular weight is 345 g/mol. The molecule has 0 aromatic heterocycles. The fraction of sp³-hybridized carbons (Fsp3) is 0.316. The second kappa shape index (κ2) is 8.64. The Labute approximate surface area is 147 Å². The van der Waals surface area contributed by atoms with Crippen molar-refractivity contribution >= 4 is 23.4 Å². The minimum Gasteiger partial charge on any atom is -0.497 e. The van der Waals surface area contributed by atoms with E-state index in [1.165, 1.54) is 11.8 Å². The fourth-order valence-corrected chi connectivity index (χ4v) is 2.94. The van der Waals surface area contributed by atoms with Gasteiger partial charge in [-0.15, -0.1) is 11.8 Å². The Hall–Kier alpha value is -2.14. The summed E-state index contributed by atoms with van der Waals surface area (Å²) in [6.45, 7) is 5.83. The number of hydrogen-bond donors (Lipinski definition) is 1. The molecule has 0 saturated heterocycles. The summed E-state index contributed by atoms with van der Waals surface area (Å²) in [5, 5.41) is 2.72. The highest BCUT2D eigenvalue weighted by molar-refractivity contribution is 8.00. The lowest BCUT2D eigenvalue weighted by molar-refractivity contribution is -0.115.